The maximum atomic E-state index is 13.3. The van der Waals surface area contributed by atoms with E-state index >= 15 is 0 Å². The molecule has 226 valence electrons. The zero-order valence-electron chi connectivity index (χ0n) is 25.1. The highest BCUT2D eigenvalue weighted by atomic mass is 16.5. The number of benzene rings is 2. The standard InChI is InChI=1S/C36H43BO6/c38-33(35(40,29-17-5-1-6-18-29)30-19-7-2-8-20-30)37-25-13-14-26-42-27-15-16-28-43-34(39)36(41,31-21-9-3-10-22-31)32-23-11-4-12-24-32/h1,3,5-6,9-10,17-18,21-22,30,32,37,40-41H,2,4,7-8,11-12,19-20,23-28H2. The van der Waals surface area contributed by atoms with E-state index < -0.39 is 17.2 Å². The Bertz CT molecular complexity index is 1190. The van der Waals surface area contributed by atoms with E-state index in [1.54, 1.807) is 12.1 Å². The molecule has 0 heterocycles. The molecule has 0 amide bonds. The van der Waals surface area contributed by atoms with E-state index in [2.05, 4.69) is 23.7 Å². The molecule has 43 heavy (non-hydrogen) atoms. The summed E-state index contributed by atoms with van der Waals surface area (Å²) in [5, 5.41) is 23.2. The zero-order chi connectivity index (χ0) is 30.4. The zero-order valence-corrected chi connectivity index (χ0v) is 25.1. The minimum atomic E-state index is -1.68. The predicted molar refractivity (Wildman–Crippen MR) is 168 cm³/mol. The largest absolute Gasteiger partial charge is 0.450 e. The van der Waals surface area contributed by atoms with Crippen molar-refractivity contribution in [3.05, 3.63) is 71.8 Å². The van der Waals surface area contributed by atoms with E-state index in [0.29, 0.717) is 17.4 Å². The van der Waals surface area contributed by atoms with Gasteiger partial charge in [0.1, 0.15) is 24.5 Å². The molecule has 2 atom stereocenters. The fraction of sp³-hybridized carbons (Fsp3) is 0.500. The Morgan fingerprint density at radius 3 is 1.70 bits per heavy atom. The summed E-state index contributed by atoms with van der Waals surface area (Å²) in [6, 6.07) is 18.3. The predicted octanol–water partition coefficient (Wildman–Crippen LogP) is 4.87. The van der Waals surface area contributed by atoms with E-state index in [4.69, 9.17) is 9.47 Å². The van der Waals surface area contributed by atoms with Crippen LogP contribution in [-0.2, 0) is 30.3 Å². The summed E-state index contributed by atoms with van der Waals surface area (Å²) in [4.78, 5) is 26.3. The lowest BCUT2D eigenvalue weighted by atomic mass is 9.57. The van der Waals surface area contributed by atoms with Gasteiger partial charge >= 0.3 is 5.97 Å². The van der Waals surface area contributed by atoms with Gasteiger partial charge in [0.15, 0.2) is 12.2 Å². The van der Waals surface area contributed by atoms with Crippen molar-refractivity contribution < 1.29 is 29.3 Å². The number of esters is 1. The molecular formula is C36H43BO6. The van der Waals surface area contributed by atoms with Crippen molar-refractivity contribution in [1.82, 2.24) is 0 Å². The quantitative estimate of drug-likeness (QED) is 0.170. The average Bonchev–Trinajstić information content (AvgIpc) is 3.07. The summed E-state index contributed by atoms with van der Waals surface area (Å²) in [5.74, 6) is 10.5. The normalized spacial score (nSPS) is 18.5. The van der Waals surface area contributed by atoms with Crippen molar-refractivity contribution in [2.24, 2.45) is 11.8 Å². The number of ether oxygens (including phenoxy) is 2. The number of carbonyl (C=O) groups is 2. The summed E-state index contributed by atoms with van der Waals surface area (Å²) in [7, 11) is 0.177. The van der Waals surface area contributed by atoms with Crippen molar-refractivity contribution in [3.8, 4) is 23.7 Å². The Hall–Kier alpha value is -3.36. The average molecular weight is 583 g/mol. The number of aliphatic hydroxyl groups is 2. The molecule has 2 aliphatic rings. The molecule has 2 aliphatic carbocycles. The second-order valence-electron chi connectivity index (χ2n) is 11.6. The fourth-order valence-electron chi connectivity index (χ4n) is 6.54. The molecule has 2 saturated carbocycles. The first kappa shape index (κ1) is 32.6. The maximum absolute atomic E-state index is 13.3. The number of hydrogen-bond donors (Lipinski definition) is 2. The van der Waals surface area contributed by atoms with Crippen LogP contribution in [0, 0.1) is 35.5 Å². The van der Waals surface area contributed by atoms with Crippen LogP contribution in [0.5, 0.6) is 0 Å². The van der Waals surface area contributed by atoms with Gasteiger partial charge in [-0.3, -0.25) is 0 Å². The van der Waals surface area contributed by atoms with Crippen LogP contribution in [0.4, 0.5) is 0 Å². The van der Waals surface area contributed by atoms with Gasteiger partial charge in [0.2, 0.25) is 7.28 Å². The first-order valence-electron chi connectivity index (χ1n) is 15.7. The van der Waals surface area contributed by atoms with Gasteiger partial charge in [-0.15, -0.1) is 5.92 Å². The smallest absolute Gasteiger partial charge is 0.344 e. The van der Waals surface area contributed by atoms with Gasteiger partial charge in [-0.05, 0) is 49.0 Å². The van der Waals surface area contributed by atoms with Crippen LogP contribution >= 0.6 is 0 Å². The Labute approximate surface area is 256 Å². The number of carbonyl (C=O) groups excluding carboxylic acids is 2. The van der Waals surface area contributed by atoms with E-state index in [1.807, 2.05) is 48.5 Å². The lowest BCUT2D eigenvalue weighted by molar-refractivity contribution is -0.174. The van der Waals surface area contributed by atoms with Crippen LogP contribution < -0.4 is 0 Å². The van der Waals surface area contributed by atoms with Crippen LogP contribution in [0.15, 0.2) is 60.7 Å². The lowest BCUT2D eigenvalue weighted by Gasteiger charge is -2.38. The monoisotopic (exact) mass is 582 g/mol. The van der Waals surface area contributed by atoms with Gasteiger partial charge in [0.05, 0.1) is 0 Å². The molecule has 0 radical (unpaired) electrons. The molecule has 4 rings (SSSR count). The molecule has 0 aliphatic heterocycles. The first-order chi connectivity index (χ1) is 21.0. The van der Waals surface area contributed by atoms with Crippen LogP contribution in [0.3, 0.4) is 0 Å². The van der Waals surface area contributed by atoms with Crippen molar-refractivity contribution in [1.29, 1.82) is 0 Å². The molecule has 0 aromatic heterocycles. The summed E-state index contributed by atoms with van der Waals surface area (Å²) in [6.07, 6.45) is 9.91. The molecule has 2 fully saturated rings. The molecule has 2 aromatic rings. The molecule has 0 saturated heterocycles. The van der Waals surface area contributed by atoms with Gasteiger partial charge in [-0.1, -0.05) is 117 Å². The molecule has 2 unspecified atom stereocenters. The van der Waals surface area contributed by atoms with E-state index in [1.165, 1.54) is 0 Å². The van der Waals surface area contributed by atoms with Gasteiger partial charge in [0.25, 0.3) is 0 Å². The van der Waals surface area contributed by atoms with Crippen LogP contribution in [0.1, 0.15) is 75.3 Å². The molecule has 0 bridgehead atoms. The van der Waals surface area contributed by atoms with Crippen LogP contribution in [-0.4, -0.2) is 49.0 Å². The third-order valence-electron chi connectivity index (χ3n) is 8.91. The summed E-state index contributed by atoms with van der Waals surface area (Å²) in [5.41, 5.74) is -2.09. The lowest BCUT2D eigenvalue weighted by Crippen LogP contribution is -2.46. The van der Waals surface area contributed by atoms with E-state index in [-0.39, 0.29) is 44.6 Å². The minimum Gasteiger partial charge on any atom is -0.450 e. The third-order valence-corrected chi connectivity index (χ3v) is 8.91. The fourth-order valence-corrected chi connectivity index (χ4v) is 6.54. The van der Waals surface area contributed by atoms with Crippen LogP contribution in [0.2, 0.25) is 6.32 Å². The molecule has 2 aromatic carbocycles. The molecular weight excluding hydrogens is 539 g/mol. The highest BCUT2D eigenvalue weighted by Crippen LogP contribution is 2.41. The summed E-state index contributed by atoms with van der Waals surface area (Å²) >= 11 is 0. The van der Waals surface area contributed by atoms with Crippen molar-refractivity contribution in [3.63, 3.8) is 0 Å². The highest BCUT2D eigenvalue weighted by molar-refractivity contribution is 6.75. The highest BCUT2D eigenvalue weighted by Gasteiger charge is 2.47. The van der Waals surface area contributed by atoms with E-state index in [0.717, 1.165) is 64.2 Å². The van der Waals surface area contributed by atoms with E-state index in [9.17, 15) is 19.8 Å². The summed E-state index contributed by atoms with van der Waals surface area (Å²) < 4.78 is 10.8. The third kappa shape index (κ3) is 8.39. The van der Waals surface area contributed by atoms with Crippen molar-refractivity contribution in [2.75, 3.05) is 19.8 Å². The maximum Gasteiger partial charge on any atom is 0.344 e. The topological polar surface area (TPSA) is 93.1 Å². The number of hydrogen-bond acceptors (Lipinski definition) is 6. The molecule has 6 nitrogen and oxygen atoms in total. The van der Waals surface area contributed by atoms with Gasteiger partial charge in [0, 0.05) is 5.92 Å². The second-order valence-corrected chi connectivity index (χ2v) is 11.6. The Morgan fingerprint density at radius 1 is 0.674 bits per heavy atom. The molecule has 7 heteroatoms. The van der Waals surface area contributed by atoms with Crippen molar-refractivity contribution >= 4 is 18.9 Å². The minimum absolute atomic E-state index is 0.0651. The molecule has 0 spiro atoms. The van der Waals surface area contributed by atoms with Gasteiger partial charge in [-0.2, -0.15) is 0 Å². The van der Waals surface area contributed by atoms with Crippen LogP contribution in [0.25, 0.3) is 0 Å². The van der Waals surface area contributed by atoms with Crippen molar-refractivity contribution in [2.45, 2.75) is 81.7 Å². The molecule has 2 N–H and O–H groups in total. The summed E-state index contributed by atoms with van der Waals surface area (Å²) in [6.45, 7) is 0.138. The van der Waals surface area contributed by atoms with Gasteiger partial charge < -0.3 is 24.5 Å². The van der Waals surface area contributed by atoms with Gasteiger partial charge in [-0.25, -0.2) is 4.79 Å². The number of rotatable bonds is 11. The Kier molecular flexibility index (Phi) is 12.5. The SMILES string of the molecule is O=C(BCC#CCOCC#CCOC(=O)C(O)(c1ccccc1)C1CCCCC1)C(O)(c1ccccc1)C1CCCCC1. The second kappa shape index (κ2) is 16.5. The Balaban J connectivity index is 1.20. The Morgan fingerprint density at radius 2 is 1.14 bits per heavy atom. The first-order valence-corrected chi connectivity index (χ1v) is 15.7.